The normalized spacial score (nSPS) is 18.4. The minimum Gasteiger partial charge on any atom is -0.468 e. The zero-order chi connectivity index (χ0) is 13.6. The van der Waals surface area contributed by atoms with Crippen LogP contribution in [0.15, 0.2) is 18.2 Å². The first kappa shape index (κ1) is 12.0. The maximum Gasteiger partial charge on any atom is 0.316 e. The molecule has 4 nitrogen and oxygen atoms in total. The maximum atomic E-state index is 12.3. The van der Waals surface area contributed by atoms with E-state index in [4.69, 9.17) is 4.74 Å². The molecule has 98 valence electrons. The molecule has 19 heavy (non-hydrogen) atoms. The lowest BCUT2D eigenvalue weighted by molar-refractivity contribution is -0.143. The Balaban J connectivity index is 2.12. The first-order chi connectivity index (χ1) is 9.11. The third-order valence-corrected chi connectivity index (χ3v) is 3.79. The highest BCUT2D eigenvalue weighted by Crippen LogP contribution is 2.32. The number of methoxy groups -OCH3 is 1. The zero-order valence-corrected chi connectivity index (χ0v) is 10.9. The van der Waals surface area contributed by atoms with Gasteiger partial charge in [0.25, 0.3) is 0 Å². The van der Waals surface area contributed by atoms with Gasteiger partial charge in [0, 0.05) is 10.9 Å². The molecular formula is C15H15NO3. The molecule has 0 fully saturated rings. The first-order valence-electron chi connectivity index (χ1n) is 6.35. The number of H-pyrrole nitrogens is 1. The molecule has 0 aliphatic heterocycles. The summed E-state index contributed by atoms with van der Waals surface area (Å²) in [6, 6.07) is 6.06. The second kappa shape index (κ2) is 4.23. The van der Waals surface area contributed by atoms with Crippen molar-refractivity contribution in [1.29, 1.82) is 0 Å². The monoisotopic (exact) mass is 257 g/mol. The van der Waals surface area contributed by atoms with Crippen LogP contribution < -0.4 is 0 Å². The summed E-state index contributed by atoms with van der Waals surface area (Å²) in [7, 11) is 1.32. The Bertz CT molecular complexity index is 684. The fourth-order valence-corrected chi connectivity index (χ4v) is 2.79. The molecule has 1 aromatic carbocycles. The smallest absolute Gasteiger partial charge is 0.316 e. The number of esters is 1. The molecule has 0 bridgehead atoms. The molecule has 2 aromatic rings. The molecule has 1 atom stereocenters. The fraction of sp³-hybridized carbons (Fsp3) is 0.333. The quantitative estimate of drug-likeness (QED) is 0.630. The van der Waals surface area contributed by atoms with Crippen molar-refractivity contribution in [3.63, 3.8) is 0 Å². The second-order valence-electron chi connectivity index (χ2n) is 5.01. The van der Waals surface area contributed by atoms with E-state index >= 15 is 0 Å². The van der Waals surface area contributed by atoms with Gasteiger partial charge in [-0.05, 0) is 37.5 Å². The Hall–Kier alpha value is -2.10. The Labute approximate surface area is 110 Å². The third-order valence-electron chi connectivity index (χ3n) is 3.79. The minimum absolute atomic E-state index is 0.151. The molecule has 1 aliphatic rings. The number of aromatic amines is 1. The van der Waals surface area contributed by atoms with Crippen LogP contribution in [0.5, 0.6) is 0 Å². The van der Waals surface area contributed by atoms with Gasteiger partial charge < -0.3 is 9.72 Å². The van der Waals surface area contributed by atoms with E-state index in [1.54, 1.807) is 0 Å². The van der Waals surface area contributed by atoms with Crippen molar-refractivity contribution in [2.75, 3.05) is 7.11 Å². The Morgan fingerprint density at radius 3 is 2.95 bits per heavy atom. The summed E-state index contributed by atoms with van der Waals surface area (Å²) in [5.74, 6) is -1.25. The van der Waals surface area contributed by atoms with E-state index in [1.165, 1.54) is 7.11 Å². The van der Waals surface area contributed by atoms with Crippen molar-refractivity contribution in [2.24, 2.45) is 5.92 Å². The minimum atomic E-state index is -0.661. The van der Waals surface area contributed by atoms with Crippen LogP contribution in [0.25, 0.3) is 10.9 Å². The van der Waals surface area contributed by atoms with E-state index in [-0.39, 0.29) is 5.78 Å². The number of aromatic nitrogens is 1. The number of hydrogen-bond donors (Lipinski definition) is 1. The molecule has 1 aromatic heterocycles. The Morgan fingerprint density at radius 1 is 1.42 bits per heavy atom. The summed E-state index contributed by atoms with van der Waals surface area (Å²) < 4.78 is 4.69. The average molecular weight is 257 g/mol. The van der Waals surface area contributed by atoms with Crippen molar-refractivity contribution >= 4 is 22.7 Å². The SMILES string of the molecule is COC(=O)[C@H]1CCc2c([nH]c3ccc(C)cc23)C1=O. The summed E-state index contributed by atoms with van der Waals surface area (Å²) in [5.41, 5.74) is 3.72. The van der Waals surface area contributed by atoms with Gasteiger partial charge in [0.05, 0.1) is 12.8 Å². The van der Waals surface area contributed by atoms with Crippen LogP contribution in [-0.2, 0) is 16.0 Å². The number of rotatable bonds is 1. The number of carbonyl (C=O) groups excluding carboxylic acids is 2. The van der Waals surface area contributed by atoms with E-state index < -0.39 is 11.9 Å². The van der Waals surface area contributed by atoms with Crippen LogP contribution in [0.2, 0.25) is 0 Å². The Morgan fingerprint density at radius 2 is 2.21 bits per heavy atom. The molecule has 1 aliphatic carbocycles. The van der Waals surface area contributed by atoms with Gasteiger partial charge in [-0.25, -0.2) is 0 Å². The standard InChI is InChI=1S/C15H15NO3/c1-8-3-6-12-11(7-8)9-4-5-10(15(18)19-2)14(17)13(9)16-12/h3,6-7,10,16H,4-5H2,1-2H3/t10-/m0/s1. The van der Waals surface area contributed by atoms with Crippen LogP contribution in [-0.4, -0.2) is 23.8 Å². The second-order valence-corrected chi connectivity index (χ2v) is 5.01. The van der Waals surface area contributed by atoms with Crippen LogP contribution in [0.3, 0.4) is 0 Å². The highest BCUT2D eigenvalue weighted by molar-refractivity contribution is 6.12. The van der Waals surface area contributed by atoms with Crippen LogP contribution in [0.1, 0.15) is 28.0 Å². The van der Waals surface area contributed by atoms with Gasteiger partial charge >= 0.3 is 5.97 Å². The van der Waals surface area contributed by atoms with Crippen LogP contribution >= 0.6 is 0 Å². The fourth-order valence-electron chi connectivity index (χ4n) is 2.79. The molecule has 1 N–H and O–H groups in total. The summed E-state index contributed by atoms with van der Waals surface area (Å²) >= 11 is 0. The molecule has 1 heterocycles. The molecule has 0 unspecified atom stereocenters. The maximum absolute atomic E-state index is 12.3. The van der Waals surface area contributed by atoms with Gasteiger partial charge in [-0.15, -0.1) is 0 Å². The van der Waals surface area contributed by atoms with Crippen molar-refractivity contribution in [3.05, 3.63) is 35.0 Å². The number of nitrogens with one attached hydrogen (secondary N) is 1. The van der Waals surface area contributed by atoms with Gasteiger partial charge in [0.2, 0.25) is 0 Å². The van der Waals surface area contributed by atoms with Gasteiger partial charge in [-0.1, -0.05) is 11.6 Å². The van der Waals surface area contributed by atoms with E-state index in [9.17, 15) is 9.59 Å². The number of hydrogen-bond acceptors (Lipinski definition) is 3. The van der Waals surface area contributed by atoms with E-state index in [2.05, 4.69) is 11.1 Å². The molecule has 0 radical (unpaired) electrons. The Kier molecular flexibility index (Phi) is 2.66. The van der Waals surface area contributed by atoms with Gasteiger partial charge in [-0.3, -0.25) is 9.59 Å². The lowest BCUT2D eigenvalue weighted by Crippen LogP contribution is -2.30. The molecule has 0 spiro atoms. The first-order valence-corrected chi connectivity index (χ1v) is 6.35. The number of ketones is 1. The van der Waals surface area contributed by atoms with Gasteiger partial charge in [0.1, 0.15) is 5.92 Å². The van der Waals surface area contributed by atoms with Crippen LogP contribution in [0, 0.1) is 12.8 Å². The highest BCUT2D eigenvalue weighted by atomic mass is 16.5. The summed E-state index contributed by atoms with van der Waals surface area (Å²) in [5, 5.41) is 1.09. The number of fused-ring (bicyclic) bond motifs is 3. The number of Topliss-reactive ketones (excluding diaryl/α,β-unsaturated/α-hetero) is 1. The molecular weight excluding hydrogens is 242 g/mol. The number of benzene rings is 1. The molecule has 3 rings (SSSR count). The molecule has 0 saturated carbocycles. The topological polar surface area (TPSA) is 59.2 Å². The lowest BCUT2D eigenvalue weighted by Gasteiger charge is -2.18. The number of ether oxygens (including phenoxy) is 1. The third kappa shape index (κ3) is 1.75. The largest absolute Gasteiger partial charge is 0.468 e. The van der Waals surface area contributed by atoms with Crippen molar-refractivity contribution in [2.45, 2.75) is 19.8 Å². The number of carbonyl (C=O) groups is 2. The molecule has 0 amide bonds. The molecule has 4 heteroatoms. The predicted octanol–water partition coefficient (Wildman–Crippen LogP) is 2.39. The van der Waals surface area contributed by atoms with E-state index in [1.807, 2.05) is 19.1 Å². The van der Waals surface area contributed by atoms with Crippen molar-refractivity contribution in [1.82, 2.24) is 4.98 Å². The van der Waals surface area contributed by atoms with Crippen molar-refractivity contribution < 1.29 is 14.3 Å². The van der Waals surface area contributed by atoms with E-state index in [0.29, 0.717) is 12.1 Å². The number of aryl methyl sites for hydroxylation is 2. The lowest BCUT2D eigenvalue weighted by atomic mass is 9.85. The zero-order valence-electron chi connectivity index (χ0n) is 10.9. The summed E-state index contributed by atoms with van der Waals surface area (Å²) in [6.45, 7) is 2.03. The summed E-state index contributed by atoms with van der Waals surface area (Å²) in [6.07, 6.45) is 1.25. The average Bonchev–Trinajstić information content (AvgIpc) is 2.77. The van der Waals surface area contributed by atoms with Gasteiger partial charge in [0.15, 0.2) is 5.78 Å². The molecule has 0 saturated heterocycles. The van der Waals surface area contributed by atoms with Crippen molar-refractivity contribution in [3.8, 4) is 0 Å². The predicted molar refractivity (Wildman–Crippen MR) is 71.2 cm³/mol. The summed E-state index contributed by atoms with van der Waals surface area (Å²) in [4.78, 5) is 27.1. The van der Waals surface area contributed by atoms with Crippen LogP contribution in [0.4, 0.5) is 0 Å². The highest BCUT2D eigenvalue weighted by Gasteiger charge is 2.35. The van der Waals surface area contributed by atoms with E-state index in [0.717, 1.165) is 28.5 Å². The van der Waals surface area contributed by atoms with Gasteiger partial charge in [-0.2, -0.15) is 0 Å².